The molecule has 0 amide bonds. The molecule has 128 valence electrons. The zero-order chi connectivity index (χ0) is 16.9. The molecule has 7 heteroatoms. The van der Waals surface area contributed by atoms with Gasteiger partial charge in [0.15, 0.2) is 20.0 Å². The molecule has 2 aliphatic heterocycles. The second kappa shape index (κ2) is 5.56. The second-order valence-corrected chi connectivity index (χ2v) is 12.6. The SMILES string of the molecule is CO[C@@H](C(=O)O)C12COC([C@H](C)O1)[C@@H]2O[Si](C)(C)C(C)(C)C. The van der Waals surface area contributed by atoms with E-state index in [0.717, 1.165) is 0 Å². The van der Waals surface area contributed by atoms with E-state index in [2.05, 4.69) is 33.9 Å². The minimum Gasteiger partial charge on any atom is -0.479 e. The first-order valence-electron chi connectivity index (χ1n) is 7.69. The Balaban J connectivity index is 2.35. The summed E-state index contributed by atoms with van der Waals surface area (Å²) in [6, 6.07) is 0. The Hall–Kier alpha value is -0.473. The summed E-state index contributed by atoms with van der Waals surface area (Å²) < 4.78 is 23.5. The zero-order valence-electron chi connectivity index (χ0n) is 14.5. The van der Waals surface area contributed by atoms with Gasteiger partial charge in [-0.1, -0.05) is 20.8 Å². The number of hydrogen-bond donors (Lipinski definition) is 1. The van der Waals surface area contributed by atoms with Crippen LogP contribution in [0.5, 0.6) is 0 Å². The fraction of sp³-hybridized carbons (Fsp3) is 0.933. The molecule has 0 radical (unpaired) electrons. The van der Waals surface area contributed by atoms with Gasteiger partial charge in [0.25, 0.3) is 0 Å². The van der Waals surface area contributed by atoms with Gasteiger partial charge in [-0.2, -0.15) is 0 Å². The highest BCUT2D eigenvalue weighted by Gasteiger charge is 2.67. The van der Waals surface area contributed by atoms with Crippen molar-refractivity contribution in [2.75, 3.05) is 13.7 Å². The Kier molecular flexibility index (Phi) is 4.52. The molecule has 0 saturated carbocycles. The van der Waals surface area contributed by atoms with Crippen molar-refractivity contribution >= 4 is 14.3 Å². The molecular formula is C15H28O6Si. The van der Waals surface area contributed by atoms with Gasteiger partial charge in [-0.05, 0) is 25.1 Å². The average molecular weight is 332 g/mol. The molecule has 0 aromatic carbocycles. The second-order valence-electron chi connectivity index (χ2n) is 7.81. The summed E-state index contributed by atoms with van der Waals surface area (Å²) in [5, 5.41) is 9.53. The van der Waals surface area contributed by atoms with Gasteiger partial charge in [-0.15, -0.1) is 0 Å². The molecule has 0 aromatic rings. The summed E-state index contributed by atoms with van der Waals surface area (Å²) >= 11 is 0. The Bertz CT molecular complexity index is 446. The lowest BCUT2D eigenvalue weighted by atomic mass is 9.92. The van der Waals surface area contributed by atoms with Crippen LogP contribution in [0.3, 0.4) is 0 Å². The molecule has 2 fully saturated rings. The van der Waals surface area contributed by atoms with Crippen molar-refractivity contribution in [2.45, 2.75) is 75.8 Å². The first-order chi connectivity index (χ1) is 9.96. The Morgan fingerprint density at radius 3 is 2.41 bits per heavy atom. The summed E-state index contributed by atoms with van der Waals surface area (Å²) in [5.41, 5.74) is -1.07. The zero-order valence-corrected chi connectivity index (χ0v) is 15.5. The van der Waals surface area contributed by atoms with Crippen LogP contribution in [0.1, 0.15) is 27.7 Å². The van der Waals surface area contributed by atoms with E-state index in [1.54, 1.807) is 0 Å². The van der Waals surface area contributed by atoms with Gasteiger partial charge in [-0.25, -0.2) is 4.79 Å². The van der Waals surface area contributed by atoms with Gasteiger partial charge in [0, 0.05) is 7.11 Å². The van der Waals surface area contributed by atoms with Crippen molar-refractivity contribution in [1.82, 2.24) is 0 Å². The lowest BCUT2D eigenvalue weighted by Gasteiger charge is -2.42. The summed E-state index contributed by atoms with van der Waals surface area (Å²) in [6.45, 7) is 12.8. The van der Waals surface area contributed by atoms with Crippen LogP contribution in [0.4, 0.5) is 0 Å². The van der Waals surface area contributed by atoms with Crippen LogP contribution in [-0.2, 0) is 23.4 Å². The van der Waals surface area contributed by atoms with E-state index in [1.165, 1.54) is 7.11 Å². The van der Waals surface area contributed by atoms with Crippen LogP contribution in [0.15, 0.2) is 0 Å². The number of aliphatic carboxylic acids is 1. The normalized spacial score (nSPS) is 36.6. The molecule has 6 nitrogen and oxygen atoms in total. The molecule has 5 atom stereocenters. The van der Waals surface area contributed by atoms with Crippen molar-refractivity contribution in [1.29, 1.82) is 0 Å². The van der Waals surface area contributed by atoms with E-state index in [-0.39, 0.29) is 23.9 Å². The fourth-order valence-electron chi connectivity index (χ4n) is 3.03. The average Bonchev–Trinajstić information content (AvgIpc) is 2.79. The van der Waals surface area contributed by atoms with Crippen molar-refractivity contribution in [3.63, 3.8) is 0 Å². The van der Waals surface area contributed by atoms with Crippen LogP contribution in [0.2, 0.25) is 18.1 Å². The van der Waals surface area contributed by atoms with Crippen molar-refractivity contribution in [3.8, 4) is 0 Å². The van der Waals surface area contributed by atoms with Crippen molar-refractivity contribution < 1.29 is 28.5 Å². The number of ether oxygens (including phenoxy) is 3. The lowest BCUT2D eigenvalue weighted by molar-refractivity contribution is -0.202. The van der Waals surface area contributed by atoms with E-state index in [0.29, 0.717) is 0 Å². The molecule has 1 N–H and O–H groups in total. The topological polar surface area (TPSA) is 74.2 Å². The monoisotopic (exact) mass is 332 g/mol. The highest BCUT2D eigenvalue weighted by molar-refractivity contribution is 6.74. The third kappa shape index (κ3) is 2.63. The highest BCUT2D eigenvalue weighted by atomic mass is 28.4. The highest BCUT2D eigenvalue weighted by Crippen LogP contribution is 2.48. The summed E-state index contributed by atoms with van der Waals surface area (Å²) in [6.07, 6.45) is -1.96. The molecule has 2 aliphatic rings. The van der Waals surface area contributed by atoms with E-state index < -0.39 is 32.1 Å². The first kappa shape index (κ1) is 17.9. The molecule has 2 saturated heterocycles. The molecule has 0 aliphatic carbocycles. The Morgan fingerprint density at radius 2 is 2.00 bits per heavy atom. The Morgan fingerprint density at radius 1 is 1.41 bits per heavy atom. The minimum atomic E-state index is -2.09. The number of hydrogen-bond acceptors (Lipinski definition) is 5. The molecule has 22 heavy (non-hydrogen) atoms. The summed E-state index contributed by atoms with van der Waals surface area (Å²) in [7, 11) is -0.707. The first-order valence-corrected chi connectivity index (χ1v) is 10.6. The largest absolute Gasteiger partial charge is 0.479 e. The fourth-order valence-corrected chi connectivity index (χ4v) is 4.35. The van der Waals surface area contributed by atoms with Gasteiger partial charge in [0.05, 0.1) is 12.7 Å². The number of carboxylic acid groups (broad SMARTS) is 1. The summed E-state index contributed by atoms with van der Waals surface area (Å²) in [5.74, 6) is -1.05. The molecule has 2 unspecified atom stereocenters. The van der Waals surface area contributed by atoms with Gasteiger partial charge in [0.2, 0.25) is 0 Å². The lowest BCUT2D eigenvalue weighted by Crippen LogP contribution is -2.59. The molecule has 2 heterocycles. The number of fused-ring (bicyclic) bond motifs is 2. The predicted molar refractivity (Wildman–Crippen MR) is 83.5 cm³/mol. The molecular weight excluding hydrogens is 304 g/mol. The van der Waals surface area contributed by atoms with E-state index in [9.17, 15) is 9.90 Å². The number of carboxylic acids is 1. The van der Waals surface area contributed by atoms with Gasteiger partial charge in [-0.3, -0.25) is 0 Å². The predicted octanol–water partition coefficient (Wildman–Crippen LogP) is 2.03. The van der Waals surface area contributed by atoms with Crippen molar-refractivity contribution in [2.24, 2.45) is 0 Å². The van der Waals surface area contributed by atoms with E-state index >= 15 is 0 Å². The number of rotatable bonds is 5. The molecule has 2 rings (SSSR count). The van der Waals surface area contributed by atoms with Crippen LogP contribution in [0.25, 0.3) is 0 Å². The van der Waals surface area contributed by atoms with E-state index in [4.69, 9.17) is 18.6 Å². The smallest absolute Gasteiger partial charge is 0.336 e. The molecule has 0 spiro atoms. The maximum Gasteiger partial charge on any atom is 0.336 e. The summed E-state index contributed by atoms with van der Waals surface area (Å²) in [4.78, 5) is 11.6. The van der Waals surface area contributed by atoms with Gasteiger partial charge in [0.1, 0.15) is 12.2 Å². The van der Waals surface area contributed by atoms with Crippen LogP contribution in [-0.4, -0.2) is 63.1 Å². The minimum absolute atomic E-state index is 0.0191. The number of methoxy groups -OCH3 is 1. The van der Waals surface area contributed by atoms with Crippen LogP contribution >= 0.6 is 0 Å². The number of carbonyl (C=O) groups is 1. The van der Waals surface area contributed by atoms with E-state index in [1.807, 2.05) is 6.92 Å². The van der Waals surface area contributed by atoms with Crippen molar-refractivity contribution in [3.05, 3.63) is 0 Å². The maximum atomic E-state index is 11.6. The molecule has 2 bridgehead atoms. The van der Waals surface area contributed by atoms with Gasteiger partial charge < -0.3 is 23.7 Å². The standard InChI is InChI=1S/C15H28O6Si/c1-9-10-11(21-22(6,7)14(2,3)4)15(20-9,8-19-10)12(18-5)13(16)17/h9-12H,8H2,1-7H3,(H,16,17)/t9-,10?,11-,12-,15?/m0/s1. The maximum absolute atomic E-state index is 11.6. The quantitative estimate of drug-likeness (QED) is 0.777. The third-order valence-corrected chi connectivity index (χ3v) is 9.74. The van der Waals surface area contributed by atoms with Crippen LogP contribution in [0, 0.1) is 0 Å². The van der Waals surface area contributed by atoms with Crippen LogP contribution < -0.4 is 0 Å². The van der Waals surface area contributed by atoms with Gasteiger partial charge >= 0.3 is 5.97 Å². The Labute approximate surface area is 133 Å². The molecule has 0 aromatic heterocycles. The third-order valence-electron chi connectivity index (χ3n) is 5.28.